The Hall–Kier alpha value is -3.24. The van der Waals surface area contributed by atoms with Crippen LogP contribution in [0.4, 0.5) is 27.9 Å². The van der Waals surface area contributed by atoms with Gasteiger partial charge in [0.2, 0.25) is 5.95 Å². The topological polar surface area (TPSA) is 107 Å². The number of benzene rings is 1. The molecular weight excluding hydrogens is 460 g/mol. The van der Waals surface area contributed by atoms with Crippen molar-refractivity contribution in [3.8, 4) is 0 Å². The van der Waals surface area contributed by atoms with Gasteiger partial charge in [-0.25, -0.2) is 9.78 Å². The summed E-state index contributed by atoms with van der Waals surface area (Å²) in [6, 6.07) is 7.64. The van der Waals surface area contributed by atoms with Crippen molar-refractivity contribution in [2.45, 2.75) is 18.9 Å². The van der Waals surface area contributed by atoms with Crippen molar-refractivity contribution in [2.24, 2.45) is 0 Å². The fraction of sp³-hybridized carbons (Fsp3) is 0.435. The van der Waals surface area contributed by atoms with Crippen molar-refractivity contribution >= 4 is 51.9 Å². The monoisotopic (exact) mass is 486 g/mol. The minimum atomic E-state index is -0.904. The molecule has 3 aromatic rings. The van der Waals surface area contributed by atoms with Gasteiger partial charge in [-0.1, -0.05) is 11.6 Å². The summed E-state index contributed by atoms with van der Waals surface area (Å²) in [6.45, 7) is 4.37. The van der Waals surface area contributed by atoms with Crippen LogP contribution in [0.2, 0.25) is 5.02 Å². The Morgan fingerprint density at radius 3 is 2.62 bits per heavy atom. The van der Waals surface area contributed by atoms with Gasteiger partial charge in [0.05, 0.1) is 30.2 Å². The lowest BCUT2D eigenvalue weighted by atomic mass is 10.0. The third-order valence-corrected chi connectivity index (χ3v) is 6.76. The molecule has 2 fully saturated rings. The summed E-state index contributed by atoms with van der Waals surface area (Å²) in [6.07, 6.45) is 2.14. The Morgan fingerprint density at radius 2 is 1.91 bits per heavy atom. The lowest BCUT2D eigenvalue weighted by molar-refractivity contribution is 0.122. The molecule has 0 unspecified atom stereocenters. The number of carboxylic acid groups (broad SMARTS) is 1. The number of nitrogens with zero attached hydrogens (tertiary/aromatic N) is 5. The fourth-order valence-electron chi connectivity index (χ4n) is 4.51. The Bertz CT molecular complexity index is 1170. The number of morpholine rings is 1. The second kappa shape index (κ2) is 9.55. The van der Waals surface area contributed by atoms with Crippen molar-refractivity contribution in [3.63, 3.8) is 0 Å². The number of fused-ring (bicyclic) bond motifs is 1. The molecule has 0 bridgehead atoms. The molecule has 1 aromatic carbocycles. The lowest BCUT2D eigenvalue weighted by Gasteiger charge is -2.36. The standard InChI is InChI=1S/C23H27ClN6O4/c1-28(23(31)32)16-4-7-30(8-5-16)21-20-18(6-11-34-20)26-22(27-21)25-15-2-3-19(17(24)14-15)29-9-12-33-13-10-29/h2-3,6,11,14,16H,4-5,7-10,12-13H2,1H3,(H,31,32)(H,25,26,27). The molecule has 2 aromatic heterocycles. The van der Waals surface area contributed by atoms with E-state index in [-0.39, 0.29) is 6.04 Å². The van der Waals surface area contributed by atoms with Crippen molar-refractivity contribution in [3.05, 3.63) is 35.6 Å². The van der Waals surface area contributed by atoms with E-state index in [0.29, 0.717) is 54.2 Å². The fourth-order valence-corrected chi connectivity index (χ4v) is 4.81. The Morgan fingerprint density at radius 1 is 1.15 bits per heavy atom. The van der Waals surface area contributed by atoms with Crippen LogP contribution in [0.1, 0.15) is 12.8 Å². The molecule has 0 saturated carbocycles. The highest BCUT2D eigenvalue weighted by molar-refractivity contribution is 6.33. The van der Waals surface area contributed by atoms with Gasteiger partial charge < -0.3 is 34.3 Å². The van der Waals surface area contributed by atoms with Crippen molar-refractivity contribution in [2.75, 3.05) is 61.6 Å². The van der Waals surface area contributed by atoms with Gasteiger partial charge in [-0.15, -0.1) is 0 Å². The van der Waals surface area contributed by atoms with E-state index in [4.69, 9.17) is 25.7 Å². The number of furan rings is 1. The summed E-state index contributed by atoms with van der Waals surface area (Å²) in [5.41, 5.74) is 3.10. The number of amides is 1. The molecule has 2 saturated heterocycles. The third kappa shape index (κ3) is 4.55. The predicted octanol–water partition coefficient (Wildman–Crippen LogP) is 4.04. The molecule has 34 heavy (non-hydrogen) atoms. The van der Waals surface area contributed by atoms with Crippen LogP contribution in [0.3, 0.4) is 0 Å². The molecule has 1 amide bonds. The van der Waals surface area contributed by atoms with Crippen molar-refractivity contribution < 1.29 is 19.1 Å². The minimum Gasteiger partial charge on any atom is -0.465 e. The van der Waals surface area contributed by atoms with Gasteiger partial charge >= 0.3 is 6.09 Å². The Labute approximate surface area is 202 Å². The van der Waals surface area contributed by atoms with Gasteiger partial charge in [0.1, 0.15) is 5.52 Å². The molecule has 11 heteroatoms. The van der Waals surface area contributed by atoms with E-state index in [1.165, 1.54) is 4.90 Å². The first-order valence-corrected chi connectivity index (χ1v) is 11.7. The maximum atomic E-state index is 11.3. The van der Waals surface area contributed by atoms with E-state index in [1.54, 1.807) is 13.3 Å². The number of rotatable bonds is 5. The van der Waals surface area contributed by atoms with Crippen LogP contribution < -0.4 is 15.1 Å². The summed E-state index contributed by atoms with van der Waals surface area (Å²) >= 11 is 6.59. The highest BCUT2D eigenvalue weighted by atomic mass is 35.5. The average molecular weight is 487 g/mol. The van der Waals surface area contributed by atoms with Crippen molar-refractivity contribution in [1.82, 2.24) is 14.9 Å². The first kappa shape index (κ1) is 22.5. The summed E-state index contributed by atoms with van der Waals surface area (Å²) in [5.74, 6) is 1.15. The number of hydrogen-bond donors (Lipinski definition) is 2. The summed E-state index contributed by atoms with van der Waals surface area (Å²) < 4.78 is 11.1. The molecular formula is C23H27ClN6O4. The molecule has 0 spiro atoms. The van der Waals surface area contributed by atoms with Crippen molar-refractivity contribution in [1.29, 1.82) is 0 Å². The number of nitrogens with one attached hydrogen (secondary N) is 1. The van der Waals surface area contributed by atoms with Gasteiger partial charge in [-0.2, -0.15) is 4.98 Å². The number of ether oxygens (including phenoxy) is 1. The molecule has 0 atom stereocenters. The number of carbonyl (C=O) groups is 1. The lowest BCUT2D eigenvalue weighted by Crippen LogP contribution is -2.45. The van der Waals surface area contributed by atoms with Crippen LogP contribution in [0.5, 0.6) is 0 Å². The van der Waals surface area contributed by atoms with Gasteiger partial charge in [0, 0.05) is 51.0 Å². The number of aromatic nitrogens is 2. The van der Waals surface area contributed by atoms with Gasteiger partial charge in [-0.3, -0.25) is 0 Å². The van der Waals surface area contributed by atoms with Crippen LogP contribution >= 0.6 is 11.6 Å². The number of piperidine rings is 1. The first-order chi connectivity index (χ1) is 16.5. The molecule has 4 heterocycles. The normalized spacial score (nSPS) is 17.2. The average Bonchev–Trinajstić information content (AvgIpc) is 3.32. The maximum absolute atomic E-state index is 11.3. The zero-order valence-corrected chi connectivity index (χ0v) is 19.7. The van der Waals surface area contributed by atoms with Crippen LogP contribution in [0, 0.1) is 0 Å². The van der Waals surface area contributed by atoms with E-state index in [0.717, 1.165) is 37.3 Å². The minimum absolute atomic E-state index is 0.00704. The van der Waals surface area contributed by atoms with E-state index in [2.05, 4.69) is 20.1 Å². The molecule has 2 aliphatic heterocycles. The number of halogens is 1. The molecule has 10 nitrogen and oxygen atoms in total. The maximum Gasteiger partial charge on any atom is 0.407 e. The van der Waals surface area contributed by atoms with Gasteiger partial charge in [0.15, 0.2) is 11.4 Å². The summed E-state index contributed by atoms with van der Waals surface area (Å²) in [7, 11) is 1.62. The molecule has 2 aliphatic rings. The van der Waals surface area contributed by atoms with Crippen LogP contribution in [-0.2, 0) is 4.74 Å². The zero-order valence-electron chi connectivity index (χ0n) is 18.9. The van der Waals surface area contributed by atoms with Crippen LogP contribution in [0.25, 0.3) is 11.1 Å². The second-order valence-corrected chi connectivity index (χ2v) is 8.92. The number of anilines is 4. The van der Waals surface area contributed by atoms with E-state index in [1.807, 2.05) is 24.3 Å². The summed E-state index contributed by atoms with van der Waals surface area (Å²) in [4.78, 5) is 26.4. The summed E-state index contributed by atoms with van der Waals surface area (Å²) in [5, 5.41) is 13.2. The highest BCUT2D eigenvalue weighted by Crippen LogP contribution is 2.33. The molecule has 5 rings (SSSR count). The second-order valence-electron chi connectivity index (χ2n) is 8.51. The zero-order chi connectivity index (χ0) is 23.7. The Kier molecular flexibility index (Phi) is 6.34. The van der Waals surface area contributed by atoms with Crippen LogP contribution in [-0.4, -0.2) is 78.5 Å². The Balaban J connectivity index is 1.35. The third-order valence-electron chi connectivity index (χ3n) is 6.45. The largest absolute Gasteiger partial charge is 0.465 e. The molecule has 0 radical (unpaired) electrons. The smallest absolute Gasteiger partial charge is 0.407 e. The molecule has 180 valence electrons. The van der Waals surface area contributed by atoms with E-state index < -0.39 is 6.09 Å². The molecule has 2 N–H and O–H groups in total. The SMILES string of the molecule is CN(C(=O)O)C1CCN(c2nc(Nc3ccc(N4CCOCC4)c(Cl)c3)nc3ccoc23)CC1. The van der Waals surface area contributed by atoms with Gasteiger partial charge in [-0.05, 0) is 31.0 Å². The predicted molar refractivity (Wildman–Crippen MR) is 131 cm³/mol. The van der Waals surface area contributed by atoms with E-state index >= 15 is 0 Å². The highest BCUT2D eigenvalue weighted by Gasteiger charge is 2.27. The quantitative estimate of drug-likeness (QED) is 0.552. The van der Waals surface area contributed by atoms with E-state index in [9.17, 15) is 9.90 Å². The number of hydrogen-bond acceptors (Lipinski definition) is 8. The van der Waals surface area contributed by atoms with Crippen LogP contribution in [0.15, 0.2) is 34.9 Å². The van der Waals surface area contributed by atoms with Gasteiger partial charge in [0.25, 0.3) is 0 Å². The molecule has 0 aliphatic carbocycles. The first-order valence-electron chi connectivity index (χ1n) is 11.3.